The van der Waals surface area contributed by atoms with Gasteiger partial charge < -0.3 is 14.8 Å². The molecule has 4 aromatic rings. The van der Waals surface area contributed by atoms with Crippen molar-refractivity contribution >= 4 is 32.5 Å². The molecule has 0 atom stereocenters. The molecule has 1 N–H and O–H groups in total. The number of sulfone groups is 1. The summed E-state index contributed by atoms with van der Waals surface area (Å²) < 4.78 is 40.2. The molecule has 4 rings (SSSR count). The predicted molar refractivity (Wildman–Crippen MR) is 128 cm³/mol. The predicted octanol–water partition coefficient (Wildman–Crippen LogP) is 2.98. The summed E-state index contributed by atoms with van der Waals surface area (Å²) in [6.45, 7) is 0. The lowest BCUT2D eigenvalue weighted by Crippen LogP contribution is -2.19. The first kappa shape index (κ1) is 23.1. The Morgan fingerprint density at radius 3 is 1.85 bits per heavy atom. The molecule has 0 aliphatic heterocycles. The first-order chi connectivity index (χ1) is 16.2. The standard InChI is InChI=1S/C24H23N3O6S/c1-26-20-13-19(25-23(28)15-5-7-16(32-3)8-6-15)22(14-21(20)27(2)24(26)29)34(30,31)18-11-9-17(33-4)10-12-18/h5-14H,1-4H3,(H,25,28). The molecule has 1 heterocycles. The molecule has 0 radical (unpaired) electrons. The zero-order chi connectivity index (χ0) is 24.6. The normalized spacial score (nSPS) is 11.4. The molecule has 0 aliphatic carbocycles. The van der Waals surface area contributed by atoms with Crippen molar-refractivity contribution in [1.82, 2.24) is 9.13 Å². The third-order valence-electron chi connectivity index (χ3n) is 5.63. The zero-order valence-electron chi connectivity index (χ0n) is 19.0. The van der Waals surface area contributed by atoms with Gasteiger partial charge in [0.2, 0.25) is 9.84 Å². The number of amides is 1. The number of nitrogens with zero attached hydrogens (tertiary/aromatic N) is 2. The van der Waals surface area contributed by atoms with Gasteiger partial charge in [-0.3, -0.25) is 13.9 Å². The summed E-state index contributed by atoms with van der Waals surface area (Å²) in [5, 5.41) is 2.70. The maximum absolute atomic E-state index is 13.6. The number of carbonyl (C=O) groups excluding carboxylic acids is 1. The quantitative estimate of drug-likeness (QED) is 0.454. The maximum atomic E-state index is 13.6. The van der Waals surface area contributed by atoms with E-state index in [1.54, 1.807) is 50.5 Å². The summed E-state index contributed by atoms with van der Waals surface area (Å²) in [6.07, 6.45) is 0. The van der Waals surface area contributed by atoms with E-state index in [2.05, 4.69) is 5.32 Å². The summed E-state index contributed by atoms with van der Waals surface area (Å²) in [5.41, 5.74) is 0.954. The SMILES string of the molecule is COc1ccc(C(=O)Nc2cc3c(cc2S(=O)(=O)c2ccc(OC)cc2)n(C)c(=O)n3C)cc1. The molecule has 0 unspecified atom stereocenters. The van der Waals surface area contributed by atoms with Gasteiger partial charge in [-0.25, -0.2) is 13.2 Å². The number of aromatic nitrogens is 2. The fourth-order valence-corrected chi connectivity index (χ4v) is 5.08. The highest BCUT2D eigenvalue weighted by atomic mass is 32.2. The fraction of sp³-hybridized carbons (Fsp3) is 0.167. The molecule has 1 aromatic heterocycles. The summed E-state index contributed by atoms with van der Waals surface area (Å²) in [7, 11) is 2.09. The molecule has 0 saturated heterocycles. The number of fused-ring (bicyclic) bond motifs is 1. The molecule has 1 amide bonds. The van der Waals surface area contributed by atoms with Crippen molar-refractivity contribution in [2.75, 3.05) is 19.5 Å². The van der Waals surface area contributed by atoms with Crippen molar-refractivity contribution in [3.8, 4) is 11.5 Å². The van der Waals surface area contributed by atoms with E-state index >= 15 is 0 Å². The lowest BCUT2D eigenvalue weighted by Gasteiger charge is -2.14. The van der Waals surface area contributed by atoms with Crippen LogP contribution in [0.2, 0.25) is 0 Å². The number of rotatable bonds is 6. The van der Waals surface area contributed by atoms with Gasteiger partial charge in [-0.2, -0.15) is 0 Å². The first-order valence-corrected chi connectivity index (χ1v) is 11.7. The number of nitrogens with one attached hydrogen (secondary N) is 1. The second-order valence-electron chi connectivity index (χ2n) is 7.60. The molecule has 0 fully saturated rings. The average molecular weight is 482 g/mol. The van der Waals surface area contributed by atoms with Gasteiger partial charge in [0, 0.05) is 19.7 Å². The molecular formula is C24H23N3O6S. The topological polar surface area (TPSA) is 109 Å². The maximum Gasteiger partial charge on any atom is 0.328 e. The first-order valence-electron chi connectivity index (χ1n) is 10.2. The molecule has 34 heavy (non-hydrogen) atoms. The second kappa shape index (κ2) is 8.71. The van der Waals surface area contributed by atoms with Crippen LogP contribution < -0.4 is 20.5 Å². The molecule has 3 aromatic carbocycles. The lowest BCUT2D eigenvalue weighted by atomic mass is 10.2. The number of imidazole rings is 1. The van der Waals surface area contributed by atoms with Crippen LogP contribution in [0.3, 0.4) is 0 Å². The van der Waals surface area contributed by atoms with E-state index in [9.17, 15) is 18.0 Å². The summed E-state index contributed by atoms with van der Waals surface area (Å²) in [4.78, 5) is 25.3. The highest BCUT2D eigenvalue weighted by Crippen LogP contribution is 2.32. The lowest BCUT2D eigenvalue weighted by molar-refractivity contribution is 0.102. The molecule has 0 aliphatic rings. The molecule has 0 saturated carbocycles. The largest absolute Gasteiger partial charge is 0.497 e. The van der Waals surface area contributed by atoms with Crippen LogP contribution in [-0.4, -0.2) is 37.7 Å². The minimum atomic E-state index is -4.06. The van der Waals surface area contributed by atoms with Crippen molar-refractivity contribution in [2.45, 2.75) is 9.79 Å². The Morgan fingerprint density at radius 2 is 1.32 bits per heavy atom. The van der Waals surface area contributed by atoms with Gasteiger partial charge >= 0.3 is 5.69 Å². The van der Waals surface area contributed by atoms with Crippen molar-refractivity contribution in [2.24, 2.45) is 14.1 Å². The minimum absolute atomic E-state index is 0.0218. The fourth-order valence-electron chi connectivity index (χ4n) is 3.66. The van der Waals surface area contributed by atoms with Gasteiger partial charge in [-0.15, -0.1) is 0 Å². The van der Waals surface area contributed by atoms with E-state index in [4.69, 9.17) is 9.47 Å². The van der Waals surface area contributed by atoms with Crippen LogP contribution in [0.5, 0.6) is 11.5 Å². The molecule has 9 nitrogen and oxygen atoms in total. The number of hydrogen-bond donors (Lipinski definition) is 1. The van der Waals surface area contributed by atoms with Gasteiger partial charge in [-0.1, -0.05) is 0 Å². The average Bonchev–Trinajstić information content (AvgIpc) is 3.06. The van der Waals surface area contributed by atoms with E-state index in [0.717, 1.165) is 0 Å². The van der Waals surface area contributed by atoms with Gasteiger partial charge in [0.1, 0.15) is 11.5 Å². The van der Waals surface area contributed by atoms with Crippen molar-refractivity contribution in [3.05, 3.63) is 76.7 Å². The number of anilines is 1. The number of hydrogen-bond acceptors (Lipinski definition) is 6. The molecular weight excluding hydrogens is 458 g/mol. The van der Waals surface area contributed by atoms with Crippen molar-refractivity contribution < 1.29 is 22.7 Å². The third-order valence-corrected chi connectivity index (χ3v) is 7.44. The Labute approximate surface area is 196 Å². The number of benzene rings is 3. The summed E-state index contributed by atoms with van der Waals surface area (Å²) >= 11 is 0. The Bertz CT molecular complexity index is 1550. The van der Waals surface area contributed by atoms with Crippen LogP contribution in [-0.2, 0) is 23.9 Å². The van der Waals surface area contributed by atoms with Gasteiger partial charge in [0.05, 0.1) is 40.7 Å². The number of carbonyl (C=O) groups is 1. The molecule has 0 spiro atoms. The van der Waals surface area contributed by atoms with Crippen molar-refractivity contribution in [1.29, 1.82) is 0 Å². The summed E-state index contributed by atoms with van der Waals surface area (Å²) in [5.74, 6) is 0.585. The van der Waals surface area contributed by atoms with Gasteiger partial charge in [-0.05, 0) is 60.7 Å². The van der Waals surface area contributed by atoms with Crippen molar-refractivity contribution in [3.63, 3.8) is 0 Å². The van der Waals surface area contributed by atoms with Crippen LogP contribution in [0.15, 0.2) is 75.2 Å². The van der Waals surface area contributed by atoms with E-state index in [-0.39, 0.29) is 21.2 Å². The van der Waals surface area contributed by atoms with Crippen LogP contribution in [0, 0.1) is 0 Å². The Balaban J connectivity index is 1.88. The smallest absolute Gasteiger partial charge is 0.328 e. The Kier molecular flexibility index (Phi) is 5.92. The van der Waals surface area contributed by atoms with E-state index in [1.165, 1.54) is 47.6 Å². The van der Waals surface area contributed by atoms with Gasteiger partial charge in [0.25, 0.3) is 5.91 Å². The van der Waals surface area contributed by atoms with E-state index < -0.39 is 15.7 Å². The van der Waals surface area contributed by atoms with Crippen LogP contribution in [0.1, 0.15) is 10.4 Å². The molecule has 10 heteroatoms. The number of aryl methyl sites for hydroxylation is 2. The number of methoxy groups -OCH3 is 2. The summed E-state index contributed by atoms with van der Waals surface area (Å²) in [6, 6.07) is 15.2. The third kappa shape index (κ3) is 3.92. The molecule has 176 valence electrons. The highest BCUT2D eigenvalue weighted by Gasteiger charge is 2.25. The Hall–Kier alpha value is -4.05. The van der Waals surface area contributed by atoms with Gasteiger partial charge in [0.15, 0.2) is 0 Å². The van der Waals surface area contributed by atoms with E-state index in [1.807, 2.05) is 0 Å². The highest BCUT2D eigenvalue weighted by molar-refractivity contribution is 7.91. The number of ether oxygens (including phenoxy) is 2. The van der Waals surface area contributed by atoms with Crippen LogP contribution >= 0.6 is 0 Å². The Morgan fingerprint density at radius 1 is 0.824 bits per heavy atom. The molecule has 0 bridgehead atoms. The van der Waals surface area contributed by atoms with E-state index in [0.29, 0.717) is 28.1 Å². The zero-order valence-corrected chi connectivity index (χ0v) is 19.8. The monoisotopic (exact) mass is 481 g/mol. The van der Waals surface area contributed by atoms with Crippen LogP contribution in [0.25, 0.3) is 11.0 Å². The second-order valence-corrected chi connectivity index (χ2v) is 9.52. The van der Waals surface area contributed by atoms with Crippen LogP contribution in [0.4, 0.5) is 5.69 Å². The minimum Gasteiger partial charge on any atom is -0.497 e.